The lowest BCUT2D eigenvalue weighted by Gasteiger charge is -2.26. The van der Waals surface area contributed by atoms with Gasteiger partial charge in [0.15, 0.2) is 0 Å². The van der Waals surface area contributed by atoms with Crippen molar-refractivity contribution < 1.29 is 26.4 Å². The van der Waals surface area contributed by atoms with E-state index in [-0.39, 0.29) is 10.6 Å². The summed E-state index contributed by atoms with van der Waals surface area (Å²) in [6.07, 6.45) is 1.07. The van der Waals surface area contributed by atoms with Crippen LogP contribution in [0.3, 0.4) is 0 Å². The van der Waals surface area contributed by atoms with Gasteiger partial charge in [-0.05, 0) is 61.9 Å². The number of sulfonamides is 2. The van der Waals surface area contributed by atoms with Crippen molar-refractivity contribution in [1.29, 1.82) is 0 Å². The molecule has 0 aliphatic rings. The second-order valence-electron chi connectivity index (χ2n) is 8.33. The maximum atomic E-state index is 13.7. The van der Waals surface area contributed by atoms with Gasteiger partial charge in [-0.2, -0.15) is 0 Å². The number of methoxy groups -OCH3 is 1. The highest BCUT2D eigenvalue weighted by Gasteiger charge is 2.29. The van der Waals surface area contributed by atoms with E-state index in [0.717, 1.165) is 26.0 Å². The molecule has 1 amide bonds. The molecule has 36 heavy (non-hydrogen) atoms. The first-order valence-electron chi connectivity index (χ1n) is 10.9. The van der Waals surface area contributed by atoms with E-state index in [1.54, 1.807) is 48.5 Å². The maximum absolute atomic E-state index is 13.7. The van der Waals surface area contributed by atoms with Crippen LogP contribution >= 0.6 is 0 Å². The molecule has 0 atom stereocenters. The van der Waals surface area contributed by atoms with E-state index in [0.29, 0.717) is 17.1 Å². The Kier molecular flexibility index (Phi) is 7.95. The molecule has 3 aromatic carbocycles. The summed E-state index contributed by atoms with van der Waals surface area (Å²) in [6.45, 7) is 3.12. The van der Waals surface area contributed by atoms with Crippen LogP contribution in [-0.4, -0.2) is 49.7 Å². The van der Waals surface area contributed by atoms with Crippen molar-refractivity contribution in [3.8, 4) is 5.75 Å². The number of aryl methyl sites for hydroxylation is 2. The highest BCUT2D eigenvalue weighted by Crippen LogP contribution is 2.33. The molecule has 0 aliphatic heterocycles. The summed E-state index contributed by atoms with van der Waals surface area (Å²) in [5, 5.41) is 2.67. The van der Waals surface area contributed by atoms with Gasteiger partial charge in [0.25, 0.3) is 10.0 Å². The molecule has 0 unspecified atom stereocenters. The van der Waals surface area contributed by atoms with Crippen LogP contribution in [0.5, 0.6) is 5.75 Å². The predicted molar refractivity (Wildman–Crippen MR) is 142 cm³/mol. The predicted octanol–water partition coefficient (Wildman–Crippen LogP) is 3.54. The molecule has 0 bridgehead atoms. The molecular weight excluding hydrogens is 502 g/mol. The third-order valence-electron chi connectivity index (χ3n) is 5.49. The van der Waals surface area contributed by atoms with Gasteiger partial charge >= 0.3 is 0 Å². The number of ether oxygens (including phenoxy) is 1. The molecule has 0 aliphatic carbocycles. The number of nitrogens with zero attached hydrogens (tertiary/aromatic N) is 2. The SMILES string of the molecule is COc1ccc(C)cc1N(CC(=O)Nc1cccc(N(C)S(C)(=O)=O)c1)S(=O)(=O)c1ccc(C)cc1. The van der Waals surface area contributed by atoms with Crippen LogP contribution in [0.1, 0.15) is 11.1 Å². The minimum atomic E-state index is -4.14. The number of amides is 1. The van der Waals surface area contributed by atoms with Crippen molar-refractivity contribution in [2.75, 3.05) is 40.9 Å². The highest BCUT2D eigenvalue weighted by molar-refractivity contribution is 7.93. The summed E-state index contributed by atoms with van der Waals surface area (Å²) in [5.41, 5.74) is 2.56. The standard InChI is InChI=1S/C25H29N3O6S2/c1-18-9-12-22(13-10-18)36(32,33)28(23-15-19(2)11-14-24(23)34-4)17-25(29)26-20-7-6-8-21(16-20)27(3)35(5,30)31/h6-16H,17H2,1-5H3,(H,26,29). The van der Waals surface area contributed by atoms with Gasteiger partial charge < -0.3 is 10.1 Å². The van der Waals surface area contributed by atoms with E-state index in [9.17, 15) is 21.6 Å². The zero-order valence-electron chi connectivity index (χ0n) is 20.7. The number of anilines is 3. The quantitative estimate of drug-likeness (QED) is 0.452. The van der Waals surface area contributed by atoms with E-state index >= 15 is 0 Å². The fraction of sp³-hybridized carbons (Fsp3) is 0.240. The number of benzene rings is 3. The van der Waals surface area contributed by atoms with Gasteiger partial charge in [-0.3, -0.25) is 13.4 Å². The largest absolute Gasteiger partial charge is 0.495 e. The van der Waals surface area contributed by atoms with E-state index in [1.807, 2.05) is 13.8 Å². The average molecular weight is 532 g/mol. The number of hydrogen-bond donors (Lipinski definition) is 1. The molecule has 11 heteroatoms. The summed E-state index contributed by atoms with van der Waals surface area (Å²) in [6, 6.07) is 17.7. The Labute approximate surface area is 212 Å². The van der Waals surface area contributed by atoms with Crippen molar-refractivity contribution >= 4 is 43.0 Å². The Morgan fingerprint density at radius 2 is 1.56 bits per heavy atom. The first-order valence-corrected chi connectivity index (χ1v) is 14.2. The van der Waals surface area contributed by atoms with Crippen LogP contribution in [0.25, 0.3) is 0 Å². The number of nitrogens with one attached hydrogen (secondary N) is 1. The number of carbonyl (C=O) groups excluding carboxylic acids is 1. The topological polar surface area (TPSA) is 113 Å². The van der Waals surface area contributed by atoms with Gasteiger partial charge in [-0.1, -0.05) is 29.8 Å². The average Bonchev–Trinajstić information content (AvgIpc) is 2.81. The molecule has 3 aromatic rings. The van der Waals surface area contributed by atoms with Crippen molar-refractivity contribution in [2.45, 2.75) is 18.7 Å². The zero-order valence-corrected chi connectivity index (χ0v) is 22.4. The van der Waals surface area contributed by atoms with Crippen LogP contribution in [0, 0.1) is 13.8 Å². The van der Waals surface area contributed by atoms with Crippen LogP contribution in [0.2, 0.25) is 0 Å². The normalized spacial score (nSPS) is 11.6. The third kappa shape index (κ3) is 6.16. The highest BCUT2D eigenvalue weighted by atomic mass is 32.2. The summed E-state index contributed by atoms with van der Waals surface area (Å²) in [5.74, 6) is -0.325. The van der Waals surface area contributed by atoms with Crippen molar-refractivity contribution in [1.82, 2.24) is 0 Å². The van der Waals surface area contributed by atoms with Gasteiger partial charge in [0.1, 0.15) is 12.3 Å². The van der Waals surface area contributed by atoms with Crippen molar-refractivity contribution in [2.24, 2.45) is 0 Å². The molecule has 1 N–H and O–H groups in total. The first kappa shape index (κ1) is 27.0. The minimum absolute atomic E-state index is 0.0289. The lowest BCUT2D eigenvalue weighted by atomic mass is 10.2. The first-order chi connectivity index (χ1) is 16.8. The summed E-state index contributed by atoms with van der Waals surface area (Å²) >= 11 is 0. The molecule has 0 radical (unpaired) electrons. The molecule has 0 heterocycles. The smallest absolute Gasteiger partial charge is 0.264 e. The second kappa shape index (κ2) is 10.6. The van der Waals surface area contributed by atoms with Gasteiger partial charge in [0.2, 0.25) is 15.9 Å². The Morgan fingerprint density at radius 3 is 2.17 bits per heavy atom. The van der Waals surface area contributed by atoms with Crippen LogP contribution in [0.15, 0.2) is 71.6 Å². The van der Waals surface area contributed by atoms with E-state index in [2.05, 4.69) is 5.32 Å². The monoisotopic (exact) mass is 531 g/mol. The molecule has 0 saturated heterocycles. The molecule has 0 spiro atoms. The minimum Gasteiger partial charge on any atom is -0.495 e. The lowest BCUT2D eigenvalue weighted by Crippen LogP contribution is -2.38. The molecule has 0 aromatic heterocycles. The van der Waals surface area contributed by atoms with Gasteiger partial charge in [-0.25, -0.2) is 16.8 Å². The summed E-state index contributed by atoms with van der Waals surface area (Å²) < 4.78 is 58.6. The van der Waals surface area contributed by atoms with Gasteiger partial charge in [0.05, 0.1) is 29.6 Å². The molecule has 3 rings (SSSR count). The number of hydrogen-bond acceptors (Lipinski definition) is 6. The lowest BCUT2D eigenvalue weighted by molar-refractivity contribution is -0.114. The van der Waals surface area contributed by atoms with Crippen molar-refractivity contribution in [3.63, 3.8) is 0 Å². The fourth-order valence-electron chi connectivity index (χ4n) is 3.43. The maximum Gasteiger partial charge on any atom is 0.264 e. The molecule has 0 fully saturated rings. The van der Waals surface area contributed by atoms with E-state index in [4.69, 9.17) is 4.74 Å². The van der Waals surface area contributed by atoms with Gasteiger partial charge in [-0.15, -0.1) is 0 Å². The zero-order chi connectivity index (χ0) is 26.7. The molecule has 0 saturated carbocycles. The Morgan fingerprint density at radius 1 is 0.917 bits per heavy atom. The number of carbonyl (C=O) groups is 1. The van der Waals surface area contributed by atoms with E-state index in [1.165, 1.54) is 32.4 Å². The fourth-order valence-corrected chi connectivity index (χ4v) is 5.35. The Bertz CT molecular complexity index is 1470. The second-order valence-corrected chi connectivity index (χ2v) is 12.2. The van der Waals surface area contributed by atoms with Crippen LogP contribution in [0.4, 0.5) is 17.1 Å². The number of rotatable bonds is 9. The molecule has 9 nitrogen and oxygen atoms in total. The van der Waals surface area contributed by atoms with Crippen molar-refractivity contribution in [3.05, 3.63) is 77.9 Å². The van der Waals surface area contributed by atoms with Gasteiger partial charge in [0, 0.05) is 12.7 Å². The Hall–Kier alpha value is -3.57. The van der Waals surface area contributed by atoms with Crippen LogP contribution in [-0.2, 0) is 24.8 Å². The van der Waals surface area contributed by atoms with E-state index < -0.39 is 32.5 Å². The molecule has 192 valence electrons. The third-order valence-corrected chi connectivity index (χ3v) is 8.47. The molecular formula is C25H29N3O6S2. The summed E-state index contributed by atoms with van der Waals surface area (Å²) in [4.78, 5) is 13.1. The summed E-state index contributed by atoms with van der Waals surface area (Å²) in [7, 11) is -4.82. The Balaban J connectivity index is 1.99. The van der Waals surface area contributed by atoms with Crippen LogP contribution < -0.4 is 18.7 Å².